The number of carbonyl (C=O) groups excluding carboxylic acids is 2. The number of carbonyl (C=O) groups is 2. The second-order valence-corrected chi connectivity index (χ2v) is 3.62. The first-order valence-electron chi connectivity index (χ1n) is 5.07. The summed E-state index contributed by atoms with van der Waals surface area (Å²) >= 11 is 0. The maximum atomic E-state index is 11.7. The van der Waals surface area contributed by atoms with Crippen molar-refractivity contribution in [2.75, 3.05) is 19.7 Å². The molecule has 0 aromatic heterocycles. The minimum Gasteiger partial charge on any atom is -0.466 e. The molecule has 0 aliphatic carbocycles. The molecular formula is C10H17NO3. The van der Waals surface area contributed by atoms with Gasteiger partial charge in [0.1, 0.15) is 6.29 Å². The molecule has 4 nitrogen and oxygen atoms in total. The lowest BCUT2D eigenvalue weighted by atomic mass is 9.76. The Bertz CT molecular complexity index is 209. The van der Waals surface area contributed by atoms with Crippen molar-refractivity contribution < 1.29 is 14.3 Å². The predicted molar refractivity (Wildman–Crippen MR) is 51.9 cm³/mol. The van der Waals surface area contributed by atoms with Gasteiger partial charge in [-0.2, -0.15) is 0 Å². The van der Waals surface area contributed by atoms with E-state index in [1.165, 1.54) is 0 Å². The first kappa shape index (κ1) is 11.2. The van der Waals surface area contributed by atoms with Crippen LogP contribution in [0, 0.1) is 5.41 Å². The normalized spacial score (nSPS) is 20.1. The molecule has 0 radical (unpaired) electrons. The highest BCUT2D eigenvalue weighted by Crippen LogP contribution is 2.33. The molecule has 1 aliphatic heterocycles. The topological polar surface area (TPSA) is 55.4 Å². The monoisotopic (exact) mass is 199 g/mol. The molecule has 80 valence electrons. The Morgan fingerprint density at radius 1 is 1.50 bits per heavy atom. The molecule has 1 aliphatic rings. The van der Waals surface area contributed by atoms with Crippen LogP contribution in [0.2, 0.25) is 0 Å². The molecule has 0 spiro atoms. The van der Waals surface area contributed by atoms with Crippen LogP contribution in [0.5, 0.6) is 0 Å². The van der Waals surface area contributed by atoms with Gasteiger partial charge in [0.25, 0.3) is 0 Å². The van der Waals surface area contributed by atoms with Gasteiger partial charge < -0.3 is 14.8 Å². The van der Waals surface area contributed by atoms with E-state index in [2.05, 4.69) is 5.32 Å². The van der Waals surface area contributed by atoms with E-state index in [-0.39, 0.29) is 12.4 Å². The molecule has 0 amide bonds. The standard InChI is InChI=1S/C10H17NO3/c1-2-14-9(13)10(5-8-12)3-6-11-7-4-10/h8,11H,2-7H2,1H3. The van der Waals surface area contributed by atoms with Crippen LogP contribution in [0.3, 0.4) is 0 Å². The van der Waals surface area contributed by atoms with E-state index < -0.39 is 5.41 Å². The Labute approximate surface area is 84.0 Å². The number of nitrogens with one attached hydrogen (secondary N) is 1. The Morgan fingerprint density at radius 2 is 2.14 bits per heavy atom. The van der Waals surface area contributed by atoms with E-state index >= 15 is 0 Å². The maximum Gasteiger partial charge on any atom is 0.312 e. The lowest BCUT2D eigenvalue weighted by Crippen LogP contribution is -2.43. The fraction of sp³-hybridized carbons (Fsp3) is 0.800. The minimum absolute atomic E-state index is 0.214. The van der Waals surface area contributed by atoms with Gasteiger partial charge in [0.2, 0.25) is 0 Å². The van der Waals surface area contributed by atoms with Gasteiger partial charge >= 0.3 is 5.97 Å². The van der Waals surface area contributed by atoms with Crippen LogP contribution in [0.15, 0.2) is 0 Å². The molecule has 1 saturated heterocycles. The van der Waals surface area contributed by atoms with E-state index in [0.717, 1.165) is 19.4 Å². The van der Waals surface area contributed by atoms with E-state index in [1.54, 1.807) is 6.92 Å². The molecule has 1 heterocycles. The van der Waals surface area contributed by atoms with Crippen molar-refractivity contribution >= 4 is 12.3 Å². The summed E-state index contributed by atoms with van der Waals surface area (Å²) in [6.45, 7) is 3.74. The molecule has 0 bridgehead atoms. The largest absolute Gasteiger partial charge is 0.466 e. The van der Waals surface area contributed by atoms with Gasteiger partial charge in [-0.05, 0) is 32.9 Å². The average Bonchev–Trinajstić information content (AvgIpc) is 2.20. The fourth-order valence-electron chi connectivity index (χ4n) is 1.84. The number of hydrogen-bond acceptors (Lipinski definition) is 4. The Kier molecular flexibility index (Phi) is 4.07. The van der Waals surface area contributed by atoms with Crippen LogP contribution in [-0.4, -0.2) is 32.0 Å². The third-order valence-electron chi connectivity index (χ3n) is 2.74. The molecular weight excluding hydrogens is 182 g/mol. The van der Waals surface area contributed by atoms with Crippen LogP contribution in [0.25, 0.3) is 0 Å². The number of esters is 1. The quantitative estimate of drug-likeness (QED) is 0.529. The van der Waals surface area contributed by atoms with E-state index in [1.807, 2.05) is 0 Å². The summed E-state index contributed by atoms with van der Waals surface area (Å²) in [6.07, 6.45) is 2.50. The number of piperidine rings is 1. The third-order valence-corrected chi connectivity index (χ3v) is 2.74. The zero-order valence-electron chi connectivity index (χ0n) is 8.54. The maximum absolute atomic E-state index is 11.7. The summed E-state index contributed by atoms with van der Waals surface area (Å²) in [6, 6.07) is 0. The van der Waals surface area contributed by atoms with Gasteiger partial charge in [0, 0.05) is 6.42 Å². The van der Waals surface area contributed by atoms with E-state index in [0.29, 0.717) is 19.4 Å². The lowest BCUT2D eigenvalue weighted by molar-refractivity contribution is -0.158. The first-order chi connectivity index (χ1) is 6.75. The third kappa shape index (κ3) is 2.32. The molecule has 0 aromatic carbocycles. The Morgan fingerprint density at radius 3 is 2.64 bits per heavy atom. The first-order valence-corrected chi connectivity index (χ1v) is 5.07. The van der Waals surface area contributed by atoms with Crippen molar-refractivity contribution in [1.29, 1.82) is 0 Å². The second-order valence-electron chi connectivity index (χ2n) is 3.62. The molecule has 0 atom stereocenters. The molecule has 1 fully saturated rings. The van der Waals surface area contributed by atoms with Crippen LogP contribution >= 0.6 is 0 Å². The summed E-state index contributed by atoms with van der Waals surface area (Å²) in [4.78, 5) is 22.3. The van der Waals surface area contributed by atoms with E-state index in [9.17, 15) is 9.59 Å². The summed E-state index contributed by atoms with van der Waals surface area (Å²) in [7, 11) is 0. The zero-order chi connectivity index (χ0) is 10.4. The van der Waals surface area contributed by atoms with Gasteiger partial charge in [-0.3, -0.25) is 4.79 Å². The van der Waals surface area contributed by atoms with Gasteiger partial charge in [-0.25, -0.2) is 0 Å². The molecule has 0 saturated carbocycles. The molecule has 14 heavy (non-hydrogen) atoms. The molecule has 0 unspecified atom stereocenters. The number of rotatable bonds is 4. The van der Waals surface area contributed by atoms with E-state index in [4.69, 9.17) is 4.74 Å². The smallest absolute Gasteiger partial charge is 0.312 e. The molecule has 1 rings (SSSR count). The average molecular weight is 199 g/mol. The predicted octanol–water partition coefficient (Wildman–Crippen LogP) is 0.508. The Hall–Kier alpha value is -0.900. The minimum atomic E-state index is -0.553. The lowest BCUT2D eigenvalue weighted by Gasteiger charge is -2.33. The van der Waals surface area contributed by atoms with Gasteiger partial charge in [0.15, 0.2) is 0 Å². The fourth-order valence-corrected chi connectivity index (χ4v) is 1.84. The van der Waals surface area contributed by atoms with Crippen molar-refractivity contribution in [2.45, 2.75) is 26.2 Å². The highest BCUT2D eigenvalue weighted by molar-refractivity contribution is 5.80. The van der Waals surface area contributed by atoms with Crippen molar-refractivity contribution in [1.82, 2.24) is 5.32 Å². The SMILES string of the molecule is CCOC(=O)C1(CC=O)CCNCC1. The van der Waals surface area contributed by atoms with Gasteiger partial charge in [-0.1, -0.05) is 0 Å². The summed E-state index contributed by atoms with van der Waals surface area (Å²) < 4.78 is 5.01. The highest BCUT2D eigenvalue weighted by Gasteiger charge is 2.40. The Balaban J connectivity index is 2.68. The van der Waals surface area contributed by atoms with Crippen LogP contribution in [0.4, 0.5) is 0 Å². The summed E-state index contributed by atoms with van der Waals surface area (Å²) in [5.41, 5.74) is -0.553. The van der Waals surface area contributed by atoms with Crippen LogP contribution in [0.1, 0.15) is 26.2 Å². The molecule has 1 N–H and O–H groups in total. The highest BCUT2D eigenvalue weighted by atomic mass is 16.5. The summed E-state index contributed by atoms with van der Waals surface area (Å²) in [5.74, 6) is -0.214. The molecule has 4 heteroatoms. The second kappa shape index (κ2) is 5.10. The van der Waals surface area contributed by atoms with Crippen molar-refractivity contribution in [3.05, 3.63) is 0 Å². The number of hydrogen-bond donors (Lipinski definition) is 1. The molecule has 0 aromatic rings. The van der Waals surface area contributed by atoms with Crippen molar-refractivity contribution in [2.24, 2.45) is 5.41 Å². The van der Waals surface area contributed by atoms with Crippen LogP contribution in [-0.2, 0) is 14.3 Å². The number of ether oxygens (including phenoxy) is 1. The van der Waals surface area contributed by atoms with Crippen molar-refractivity contribution in [3.8, 4) is 0 Å². The van der Waals surface area contributed by atoms with Crippen molar-refractivity contribution in [3.63, 3.8) is 0 Å². The summed E-state index contributed by atoms with van der Waals surface area (Å²) in [5, 5.41) is 3.17. The van der Waals surface area contributed by atoms with Gasteiger partial charge in [0.05, 0.1) is 12.0 Å². The number of aldehydes is 1. The zero-order valence-corrected chi connectivity index (χ0v) is 8.54. The van der Waals surface area contributed by atoms with Gasteiger partial charge in [-0.15, -0.1) is 0 Å². The van der Waals surface area contributed by atoms with Crippen LogP contribution < -0.4 is 5.32 Å².